The summed E-state index contributed by atoms with van der Waals surface area (Å²) in [5.41, 5.74) is 1.33. The van der Waals surface area contributed by atoms with Crippen molar-refractivity contribution >= 4 is 5.69 Å². The molecule has 0 saturated carbocycles. The van der Waals surface area contributed by atoms with E-state index in [0.29, 0.717) is 6.04 Å². The topological polar surface area (TPSA) is 60.5 Å². The first-order valence-corrected chi connectivity index (χ1v) is 10.9. The van der Waals surface area contributed by atoms with E-state index < -0.39 is 0 Å². The molecule has 28 heavy (non-hydrogen) atoms. The van der Waals surface area contributed by atoms with Gasteiger partial charge < -0.3 is 14.5 Å². The number of nitrogens with zero attached hydrogens (tertiary/aromatic N) is 5. The molecule has 2 aliphatic heterocycles. The average Bonchev–Trinajstić information content (AvgIpc) is 3.42. The van der Waals surface area contributed by atoms with Crippen LogP contribution >= 0.6 is 0 Å². The molecule has 3 heterocycles. The monoisotopic (exact) mass is 385 g/mol. The number of nitrogens with one attached hydrogen (secondary N) is 1. The van der Waals surface area contributed by atoms with Crippen LogP contribution < -0.4 is 9.80 Å². The van der Waals surface area contributed by atoms with Crippen molar-refractivity contribution in [3.05, 3.63) is 36.2 Å². The van der Waals surface area contributed by atoms with Crippen LogP contribution in [-0.2, 0) is 11.3 Å². The van der Waals surface area contributed by atoms with Crippen LogP contribution in [0.5, 0.6) is 0 Å². The first kappa shape index (κ1) is 19.3. The van der Waals surface area contributed by atoms with Gasteiger partial charge in [-0.05, 0) is 41.8 Å². The minimum atomic E-state index is 0.263. The van der Waals surface area contributed by atoms with E-state index in [4.69, 9.17) is 4.74 Å². The number of hydrogen-bond donors (Lipinski definition) is 1. The van der Waals surface area contributed by atoms with E-state index in [1.807, 2.05) is 4.68 Å². The zero-order chi connectivity index (χ0) is 19.2. The van der Waals surface area contributed by atoms with Crippen LogP contribution in [0.2, 0.25) is 0 Å². The number of piperazine rings is 1. The highest BCUT2D eigenvalue weighted by molar-refractivity contribution is 5.46. The summed E-state index contributed by atoms with van der Waals surface area (Å²) in [6, 6.07) is 11.1. The minimum absolute atomic E-state index is 0.263. The number of ether oxygens (including phenoxy) is 1. The van der Waals surface area contributed by atoms with E-state index in [1.54, 1.807) is 4.90 Å². The van der Waals surface area contributed by atoms with Gasteiger partial charge in [0, 0.05) is 18.7 Å². The summed E-state index contributed by atoms with van der Waals surface area (Å²) < 4.78 is 7.84. The van der Waals surface area contributed by atoms with Gasteiger partial charge in [0.1, 0.15) is 6.04 Å². The number of benzene rings is 1. The van der Waals surface area contributed by atoms with E-state index >= 15 is 0 Å². The van der Waals surface area contributed by atoms with E-state index in [-0.39, 0.29) is 6.10 Å². The van der Waals surface area contributed by atoms with Crippen LogP contribution in [0, 0.1) is 0 Å². The lowest BCUT2D eigenvalue weighted by Crippen LogP contribution is -3.15. The van der Waals surface area contributed by atoms with Crippen molar-refractivity contribution in [1.29, 1.82) is 0 Å². The van der Waals surface area contributed by atoms with Crippen LogP contribution in [0.4, 0.5) is 5.69 Å². The van der Waals surface area contributed by atoms with E-state index in [9.17, 15) is 0 Å². The molecule has 0 unspecified atom stereocenters. The summed E-state index contributed by atoms with van der Waals surface area (Å²) >= 11 is 0. The van der Waals surface area contributed by atoms with Crippen molar-refractivity contribution in [2.75, 3.05) is 37.7 Å². The number of unbranched alkanes of at least 4 members (excludes halogenated alkanes) is 1. The predicted octanol–water partition coefficient (Wildman–Crippen LogP) is 1.49. The number of rotatable bonds is 8. The molecule has 2 saturated heterocycles. The van der Waals surface area contributed by atoms with Gasteiger partial charge in [0.25, 0.3) is 0 Å². The second kappa shape index (κ2) is 9.47. The smallest absolute Gasteiger partial charge is 0.209 e. The van der Waals surface area contributed by atoms with Crippen LogP contribution in [-0.4, -0.2) is 59.1 Å². The highest BCUT2D eigenvalue weighted by Gasteiger charge is 2.33. The lowest BCUT2D eigenvalue weighted by molar-refractivity contribution is -0.933. The Morgan fingerprint density at radius 3 is 2.75 bits per heavy atom. The molecule has 1 N–H and O–H groups in total. The molecule has 7 heteroatoms. The van der Waals surface area contributed by atoms with Crippen LogP contribution in [0.1, 0.15) is 50.9 Å². The molecule has 2 aromatic rings. The maximum Gasteiger partial charge on any atom is 0.209 e. The molecule has 2 fully saturated rings. The molecule has 4 rings (SSSR count). The normalized spacial score (nSPS) is 21.9. The number of quaternary nitrogens is 1. The predicted molar refractivity (Wildman–Crippen MR) is 108 cm³/mol. The maximum atomic E-state index is 5.82. The van der Waals surface area contributed by atoms with Gasteiger partial charge in [-0.2, -0.15) is 0 Å². The Balaban J connectivity index is 1.44. The SMILES string of the molecule is CCCC[C@H](c1nnnn1C[C@H]1CCCO1)[NH+]1CCN(c2ccccc2)CC1. The highest BCUT2D eigenvalue weighted by atomic mass is 16.5. The molecular formula is C21H33N6O+. The summed E-state index contributed by atoms with van der Waals surface area (Å²) in [4.78, 5) is 4.11. The van der Waals surface area contributed by atoms with Crippen molar-refractivity contribution < 1.29 is 9.64 Å². The largest absolute Gasteiger partial charge is 0.376 e. The summed E-state index contributed by atoms with van der Waals surface area (Å²) in [5.74, 6) is 1.05. The standard InChI is InChI=1S/C21H32N6O/c1-2-3-11-20(21-22-23-24-27(21)17-19-10-7-16-28-19)26-14-12-25(13-15-26)18-8-5-4-6-9-18/h4-6,8-9,19-20H,2-3,7,10-17H2,1H3/p+1/t19-,20-/m1/s1. The fraction of sp³-hybridized carbons (Fsp3) is 0.667. The third-order valence-electron chi connectivity index (χ3n) is 6.14. The fourth-order valence-corrected chi connectivity index (χ4v) is 4.54. The second-order valence-electron chi connectivity index (χ2n) is 8.03. The summed E-state index contributed by atoms with van der Waals surface area (Å²) in [6.45, 7) is 8.31. The molecule has 2 atom stereocenters. The quantitative estimate of drug-likeness (QED) is 0.746. The van der Waals surface area contributed by atoms with Gasteiger partial charge >= 0.3 is 0 Å². The maximum absolute atomic E-state index is 5.82. The van der Waals surface area contributed by atoms with Gasteiger partial charge in [-0.25, -0.2) is 4.68 Å². The lowest BCUT2D eigenvalue weighted by atomic mass is 10.1. The highest BCUT2D eigenvalue weighted by Crippen LogP contribution is 2.19. The van der Waals surface area contributed by atoms with Gasteiger partial charge in [-0.15, -0.1) is 5.10 Å². The third-order valence-corrected chi connectivity index (χ3v) is 6.14. The number of anilines is 1. The van der Waals surface area contributed by atoms with Crippen molar-refractivity contribution in [2.45, 2.75) is 57.7 Å². The molecule has 0 bridgehead atoms. The van der Waals surface area contributed by atoms with Crippen LogP contribution in [0.3, 0.4) is 0 Å². The molecule has 1 aromatic carbocycles. The molecule has 0 amide bonds. The minimum Gasteiger partial charge on any atom is -0.376 e. The second-order valence-corrected chi connectivity index (χ2v) is 8.03. The molecule has 2 aliphatic rings. The van der Waals surface area contributed by atoms with E-state index in [0.717, 1.165) is 64.4 Å². The molecule has 0 aliphatic carbocycles. The Bertz CT molecular complexity index is 707. The molecule has 152 valence electrons. The molecule has 0 spiro atoms. The van der Waals surface area contributed by atoms with E-state index in [1.165, 1.54) is 18.5 Å². The van der Waals surface area contributed by atoms with Gasteiger partial charge in [0.05, 0.1) is 38.8 Å². The number of tetrazole rings is 1. The molecule has 1 aromatic heterocycles. The Labute approximate surface area is 167 Å². The summed E-state index contributed by atoms with van der Waals surface area (Å²) in [7, 11) is 0. The molecule has 7 nitrogen and oxygen atoms in total. The van der Waals surface area contributed by atoms with Gasteiger partial charge in [0.15, 0.2) is 0 Å². The van der Waals surface area contributed by atoms with Gasteiger partial charge in [-0.3, -0.25) is 0 Å². The molecular weight excluding hydrogens is 352 g/mol. The number of aromatic nitrogens is 4. The Morgan fingerprint density at radius 1 is 1.21 bits per heavy atom. The summed E-state index contributed by atoms with van der Waals surface area (Å²) in [6.07, 6.45) is 6.08. The fourth-order valence-electron chi connectivity index (χ4n) is 4.54. The average molecular weight is 386 g/mol. The van der Waals surface area contributed by atoms with Crippen molar-refractivity contribution in [3.8, 4) is 0 Å². The van der Waals surface area contributed by atoms with Crippen molar-refractivity contribution in [2.24, 2.45) is 0 Å². The Hall–Kier alpha value is -1.99. The molecule has 0 radical (unpaired) electrons. The van der Waals surface area contributed by atoms with Crippen molar-refractivity contribution in [3.63, 3.8) is 0 Å². The lowest BCUT2D eigenvalue weighted by Gasteiger charge is -2.37. The Morgan fingerprint density at radius 2 is 2.04 bits per heavy atom. The third kappa shape index (κ3) is 4.52. The van der Waals surface area contributed by atoms with Crippen LogP contribution in [0.15, 0.2) is 30.3 Å². The zero-order valence-corrected chi connectivity index (χ0v) is 17.0. The number of hydrogen-bond acceptors (Lipinski definition) is 5. The first-order valence-electron chi connectivity index (χ1n) is 10.9. The van der Waals surface area contributed by atoms with E-state index in [2.05, 4.69) is 57.7 Å². The first-order chi connectivity index (χ1) is 13.8. The van der Waals surface area contributed by atoms with Crippen LogP contribution in [0.25, 0.3) is 0 Å². The van der Waals surface area contributed by atoms with Crippen molar-refractivity contribution in [1.82, 2.24) is 20.2 Å². The number of para-hydroxylation sites is 1. The zero-order valence-electron chi connectivity index (χ0n) is 17.0. The summed E-state index contributed by atoms with van der Waals surface area (Å²) in [5, 5.41) is 12.8. The van der Waals surface area contributed by atoms with Gasteiger partial charge in [0.2, 0.25) is 5.82 Å². The van der Waals surface area contributed by atoms with Gasteiger partial charge in [-0.1, -0.05) is 31.5 Å². The Kier molecular flexibility index (Phi) is 6.54.